The summed E-state index contributed by atoms with van der Waals surface area (Å²) in [5.74, 6) is 0. The van der Waals surface area contributed by atoms with Crippen LogP contribution in [0.4, 0.5) is 0 Å². The second-order valence-electron chi connectivity index (χ2n) is 4.02. The third-order valence-electron chi connectivity index (χ3n) is 3.15. The van der Waals surface area contributed by atoms with Gasteiger partial charge in [-0.1, -0.05) is 24.3 Å². The van der Waals surface area contributed by atoms with Gasteiger partial charge in [-0.2, -0.15) is 0 Å². The SMILES string of the molecule is C1=Cc2ccc3c4c(ccc3c2=N1)C=NC=4. The van der Waals surface area contributed by atoms with Crippen molar-refractivity contribution in [1.29, 1.82) is 0 Å². The first-order valence-corrected chi connectivity index (χ1v) is 5.27. The van der Waals surface area contributed by atoms with Crippen LogP contribution in [0.3, 0.4) is 0 Å². The summed E-state index contributed by atoms with van der Waals surface area (Å²) >= 11 is 0. The highest BCUT2D eigenvalue weighted by molar-refractivity contribution is 5.95. The predicted molar refractivity (Wildman–Crippen MR) is 65.8 cm³/mol. The highest BCUT2D eigenvalue weighted by Gasteiger charge is 2.07. The lowest BCUT2D eigenvalue weighted by Gasteiger charge is -2.01. The number of aliphatic imine (C=N–C) groups is 1. The van der Waals surface area contributed by atoms with Gasteiger partial charge in [-0.15, -0.1) is 0 Å². The van der Waals surface area contributed by atoms with Crippen molar-refractivity contribution in [2.24, 2.45) is 9.98 Å². The topological polar surface area (TPSA) is 24.7 Å². The van der Waals surface area contributed by atoms with Crippen molar-refractivity contribution >= 4 is 29.3 Å². The molecule has 16 heavy (non-hydrogen) atoms. The molecule has 2 heteroatoms. The number of benzene rings is 2. The number of rotatable bonds is 0. The molecule has 2 aliphatic heterocycles. The van der Waals surface area contributed by atoms with Crippen molar-refractivity contribution in [3.05, 3.63) is 52.2 Å². The number of hydrogen-bond acceptors (Lipinski definition) is 2. The summed E-state index contributed by atoms with van der Waals surface area (Å²) < 4.78 is 0. The lowest BCUT2D eigenvalue weighted by Crippen LogP contribution is -2.12. The molecule has 0 saturated carbocycles. The number of nitrogens with zero attached hydrogens (tertiary/aromatic N) is 2. The number of hydrogen-bond donors (Lipinski definition) is 0. The molecule has 0 amide bonds. The van der Waals surface area contributed by atoms with Crippen molar-refractivity contribution in [3.8, 4) is 0 Å². The molecule has 2 aromatic rings. The first-order valence-electron chi connectivity index (χ1n) is 5.27. The fourth-order valence-corrected chi connectivity index (χ4v) is 2.37. The molecule has 0 spiro atoms. The van der Waals surface area contributed by atoms with Crippen molar-refractivity contribution in [2.75, 3.05) is 0 Å². The Kier molecular flexibility index (Phi) is 1.33. The van der Waals surface area contributed by atoms with Crippen LogP contribution < -0.4 is 10.6 Å². The van der Waals surface area contributed by atoms with Crippen LogP contribution in [0.15, 0.2) is 40.5 Å². The van der Waals surface area contributed by atoms with Crippen LogP contribution >= 0.6 is 0 Å². The van der Waals surface area contributed by atoms with Crippen molar-refractivity contribution in [1.82, 2.24) is 0 Å². The Morgan fingerprint density at radius 2 is 1.75 bits per heavy atom. The molecule has 0 aliphatic carbocycles. The number of fused-ring (bicyclic) bond motifs is 5. The van der Waals surface area contributed by atoms with Crippen LogP contribution in [0.1, 0.15) is 11.1 Å². The van der Waals surface area contributed by atoms with Gasteiger partial charge in [0.25, 0.3) is 0 Å². The highest BCUT2D eigenvalue weighted by Crippen LogP contribution is 2.13. The van der Waals surface area contributed by atoms with E-state index in [0.717, 1.165) is 5.36 Å². The zero-order valence-electron chi connectivity index (χ0n) is 8.51. The van der Waals surface area contributed by atoms with Gasteiger partial charge in [0, 0.05) is 40.3 Å². The molecule has 0 N–H and O–H groups in total. The van der Waals surface area contributed by atoms with Gasteiger partial charge >= 0.3 is 0 Å². The molecule has 0 fully saturated rings. The minimum absolute atomic E-state index is 1.08. The maximum Gasteiger partial charge on any atom is 0.0781 e. The van der Waals surface area contributed by atoms with Gasteiger partial charge in [0.1, 0.15) is 0 Å². The Hall–Kier alpha value is -2.22. The van der Waals surface area contributed by atoms with E-state index in [1.807, 2.05) is 24.7 Å². The molecule has 2 aromatic carbocycles. The second-order valence-corrected chi connectivity index (χ2v) is 4.02. The molecule has 4 rings (SSSR count). The summed E-state index contributed by atoms with van der Waals surface area (Å²) in [7, 11) is 0. The zero-order chi connectivity index (χ0) is 10.5. The minimum atomic E-state index is 1.08. The Bertz CT molecular complexity index is 726. The zero-order valence-corrected chi connectivity index (χ0v) is 8.51. The molecule has 2 heterocycles. The van der Waals surface area contributed by atoms with E-state index in [4.69, 9.17) is 0 Å². The molecule has 0 saturated heterocycles. The first kappa shape index (κ1) is 7.99. The molecule has 0 aromatic heterocycles. The molecular weight excluding hydrogens is 196 g/mol. The van der Waals surface area contributed by atoms with Gasteiger partial charge in [0.15, 0.2) is 0 Å². The summed E-state index contributed by atoms with van der Waals surface area (Å²) in [5, 5.41) is 4.74. The van der Waals surface area contributed by atoms with E-state index in [1.54, 1.807) is 0 Å². The van der Waals surface area contributed by atoms with Crippen LogP contribution in [0.5, 0.6) is 0 Å². The van der Waals surface area contributed by atoms with Gasteiger partial charge in [0.2, 0.25) is 0 Å². The summed E-state index contributed by atoms with van der Waals surface area (Å²) in [4.78, 5) is 8.62. The fourth-order valence-electron chi connectivity index (χ4n) is 2.37. The Morgan fingerprint density at radius 1 is 0.875 bits per heavy atom. The summed E-state index contributed by atoms with van der Waals surface area (Å²) in [6, 6.07) is 8.52. The third kappa shape index (κ3) is 0.865. The van der Waals surface area contributed by atoms with Gasteiger partial charge in [0.05, 0.1) is 5.36 Å². The Morgan fingerprint density at radius 3 is 2.75 bits per heavy atom. The Labute approximate surface area is 92.0 Å². The molecule has 74 valence electrons. The average molecular weight is 204 g/mol. The molecular formula is C14H8N2. The summed E-state index contributed by atoms with van der Waals surface area (Å²) in [5.41, 5.74) is 2.39. The normalized spacial score (nSPS) is 14.8. The van der Waals surface area contributed by atoms with Crippen LogP contribution in [0.2, 0.25) is 0 Å². The van der Waals surface area contributed by atoms with Crippen LogP contribution in [-0.4, -0.2) is 6.21 Å². The van der Waals surface area contributed by atoms with Gasteiger partial charge in [-0.05, 0) is 11.5 Å². The first-order chi connectivity index (χ1) is 7.93. The maximum atomic E-state index is 4.42. The summed E-state index contributed by atoms with van der Waals surface area (Å²) in [6.07, 6.45) is 7.73. The van der Waals surface area contributed by atoms with Crippen molar-refractivity contribution in [2.45, 2.75) is 0 Å². The molecule has 0 bridgehead atoms. The van der Waals surface area contributed by atoms with Gasteiger partial charge < -0.3 is 0 Å². The standard InChI is InChI=1S/C14H8N2/c1-3-11-12(14-9(1)5-6-16-14)4-2-10-7-15-8-13(10)11/h1-8H. The minimum Gasteiger partial charge on any atom is -0.263 e. The predicted octanol–water partition coefficient (Wildman–Crippen LogP) is 1.61. The molecule has 0 unspecified atom stereocenters. The summed E-state index contributed by atoms with van der Waals surface area (Å²) in [6.45, 7) is 0. The Balaban J connectivity index is 2.31. The third-order valence-corrected chi connectivity index (χ3v) is 3.15. The maximum absolute atomic E-state index is 4.42. The smallest absolute Gasteiger partial charge is 0.0781 e. The van der Waals surface area contributed by atoms with Crippen molar-refractivity contribution < 1.29 is 0 Å². The molecule has 0 radical (unpaired) electrons. The van der Waals surface area contributed by atoms with E-state index >= 15 is 0 Å². The van der Waals surface area contributed by atoms with Gasteiger partial charge in [-0.25, -0.2) is 0 Å². The quantitative estimate of drug-likeness (QED) is 0.623. The lowest BCUT2D eigenvalue weighted by molar-refractivity contribution is 1.42. The van der Waals surface area contributed by atoms with Crippen LogP contribution in [0.25, 0.3) is 23.0 Å². The van der Waals surface area contributed by atoms with Crippen molar-refractivity contribution in [3.63, 3.8) is 0 Å². The molecule has 2 nitrogen and oxygen atoms in total. The molecule has 2 aliphatic rings. The monoisotopic (exact) mass is 204 g/mol. The lowest BCUT2D eigenvalue weighted by atomic mass is 10.0. The largest absolute Gasteiger partial charge is 0.263 e. The van der Waals surface area contributed by atoms with E-state index in [9.17, 15) is 0 Å². The van der Waals surface area contributed by atoms with Gasteiger partial charge in [-0.3, -0.25) is 9.98 Å². The van der Waals surface area contributed by atoms with Crippen LogP contribution in [0, 0.1) is 0 Å². The highest BCUT2D eigenvalue weighted by atomic mass is 14.7. The van der Waals surface area contributed by atoms with E-state index in [0.29, 0.717) is 0 Å². The van der Waals surface area contributed by atoms with E-state index in [-0.39, 0.29) is 0 Å². The van der Waals surface area contributed by atoms with E-state index in [1.165, 1.54) is 27.1 Å². The van der Waals surface area contributed by atoms with Crippen LogP contribution in [-0.2, 0) is 0 Å². The van der Waals surface area contributed by atoms with E-state index < -0.39 is 0 Å². The van der Waals surface area contributed by atoms with E-state index in [2.05, 4.69) is 34.3 Å². The fraction of sp³-hybridized carbons (Fsp3) is 0. The molecule has 0 atom stereocenters. The average Bonchev–Trinajstić information content (AvgIpc) is 2.96. The second kappa shape index (κ2) is 2.67.